The zero-order valence-electron chi connectivity index (χ0n) is 11.6. The van der Waals surface area contributed by atoms with Crippen LogP contribution in [0, 0.1) is 0 Å². The highest BCUT2D eigenvalue weighted by Gasteiger charge is 2.10. The van der Waals surface area contributed by atoms with Gasteiger partial charge in [-0.25, -0.2) is 4.98 Å². The number of aromatic nitrogens is 2. The molecular formula is C16H21ClN2O. The van der Waals surface area contributed by atoms with Crippen molar-refractivity contribution in [3.8, 4) is 5.75 Å². The molecule has 1 heterocycles. The number of aryl methyl sites for hydroxylation is 3. The van der Waals surface area contributed by atoms with E-state index in [1.165, 1.54) is 30.4 Å². The van der Waals surface area contributed by atoms with Gasteiger partial charge in [0.1, 0.15) is 5.75 Å². The molecular weight excluding hydrogens is 272 g/mol. The van der Waals surface area contributed by atoms with Crippen LogP contribution >= 0.6 is 12.4 Å². The SMILES string of the molecule is Cl.c1cn(CCCCOc2ccc3c(c2)CCC3)cn1. The number of ether oxygens (including phenoxy) is 1. The van der Waals surface area contributed by atoms with Crippen molar-refractivity contribution in [2.45, 2.75) is 38.6 Å². The zero-order chi connectivity index (χ0) is 12.9. The van der Waals surface area contributed by atoms with Gasteiger partial charge < -0.3 is 9.30 Å². The molecule has 0 unspecified atom stereocenters. The van der Waals surface area contributed by atoms with E-state index in [1.54, 1.807) is 0 Å². The van der Waals surface area contributed by atoms with Crippen LogP contribution in [0.3, 0.4) is 0 Å². The number of benzene rings is 1. The molecule has 1 aromatic heterocycles. The average Bonchev–Trinajstić information content (AvgIpc) is 3.08. The molecule has 0 saturated heterocycles. The van der Waals surface area contributed by atoms with Gasteiger partial charge in [0.2, 0.25) is 0 Å². The molecule has 1 aromatic carbocycles. The van der Waals surface area contributed by atoms with Crippen LogP contribution in [-0.2, 0) is 19.4 Å². The van der Waals surface area contributed by atoms with Crippen LogP contribution in [-0.4, -0.2) is 16.2 Å². The zero-order valence-corrected chi connectivity index (χ0v) is 12.4. The molecule has 2 aromatic rings. The lowest BCUT2D eigenvalue weighted by Crippen LogP contribution is -2.01. The van der Waals surface area contributed by atoms with Gasteiger partial charge in [0, 0.05) is 18.9 Å². The molecule has 0 fully saturated rings. The monoisotopic (exact) mass is 292 g/mol. The van der Waals surface area contributed by atoms with Gasteiger partial charge in [0.15, 0.2) is 0 Å². The minimum Gasteiger partial charge on any atom is -0.494 e. The Labute approximate surface area is 126 Å². The number of unbranched alkanes of at least 4 members (excludes halogenated alkanes) is 1. The first-order valence-electron chi connectivity index (χ1n) is 7.12. The molecule has 3 rings (SSSR count). The fourth-order valence-corrected chi connectivity index (χ4v) is 2.64. The number of nitrogens with zero attached hydrogens (tertiary/aromatic N) is 2. The van der Waals surface area contributed by atoms with E-state index in [0.29, 0.717) is 0 Å². The van der Waals surface area contributed by atoms with E-state index in [0.717, 1.165) is 31.7 Å². The van der Waals surface area contributed by atoms with Crippen molar-refractivity contribution in [3.63, 3.8) is 0 Å². The number of hydrogen-bond donors (Lipinski definition) is 0. The third-order valence-corrected chi connectivity index (χ3v) is 3.71. The summed E-state index contributed by atoms with van der Waals surface area (Å²) in [7, 11) is 0. The maximum absolute atomic E-state index is 5.83. The Balaban J connectivity index is 0.00000147. The molecule has 1 aliphatic rings. The molecule has 0 N–H and O–H groups in total. The molecule has 3 nitrogen and oxygen atoms in total. The third-order valence-electron chi connectivity index (χ3n) is 3.71. The topological polar surface area (TPSA) is 27.1 Å². The lowest BCUT2D eigenvalue weighted by molar-refractivity contribution is 0.303. The number of rotatable bonds is 6. The van der Waals surface area contributed by atoms with Crippen LogP contribution in [0.4, 0.5) is 0 Å². The van der Waals surface area contributed by atoms with Gasteiger partial charge in [-0.2, -0.15) is 0 Å². The predicted octanol–water partition coefficient (Wildman–Crippen LogP) is 3.65. The first kappa shape index (κ1) is 14.9. The summed E-state index contributed by atoms with van der Waals surface area (Å²) in [4.78, 5) is 4.03. The van der Waals surface area contributed by atoms with Gasteiger partial charge in [0.25, 0.3) is 0 Å². The normalized spacial score (nSPS) is 12.8. The highest BCUT2D eigenvalue weighted by Crippen LogP contribution is 2.26. The van der Waals surface area contributed by atoms with Crippen molar-refractivity contribution in [3.05, 3.63) is 48.0 Å². The van der Waals surface area contributed by atoms with Crippen LogP contribution < -0.4 is 4.74 Å². The molecule has 108 valence electrons. The van der Waals surface area contributed by atoms with Gasteiger partial charge in [-0.1, -0.05) is 6.07 Å². The van der Waals surface area contributed by atoms with Gasteiger partial charge in [-0.15, -0.1) is 12.4 Å². The van der Waals surface area contributed by atoms with E-state index < -0.39 is 0 Å². The van der Waals surface area contributed by atoms with Gasteiger partial charge >= 0.3 is 0 Å². The van der Waals surface area contributed by atoms with Gasteiger partial charge in [-0.3, -0.25) is 0 Å². The number of imidazole rings is 1. The summed E-state index contributed by atoms with van der Waals surface area (Å²) in [6.07, 6.45) is 11.6. The number of hydrogen-bond acceptors (Lipinski definition) is 2. The summed E-state index contributed by atoms with van der Waals surface area (Å²) in [6.45, 7) is 1.82. The minimum atomic E-state index is 0. The first-order chi connectivity index (χ1) is 9.42. The molecule has 0 saturated carbocycles. The highest BCUT2D eigenvalue weighted by molar-refractivity contribution is 5.85. The fourth-order valence-electron chi connectivity index (χ4n) is 2.64. The maximum atomic E-state index is 5.83. The highest BCUT2D eigenvalue weighted by atomic mass is 35.5. The summed E-state index contributed by atoms with van der Waals surface area (Å²) in [6, 6.07) is 6.56. The van der Waals surface area contributed by atoms with Gasteiger partial charge in [-0.05, 0) is 55.4 Å². The van der Waals surface area contributed by atoms with Crippen molar-refractivity contribution in [1.82, 2.24) is 9.55 Å². The van der Waals surface area contributed by atoms with Crippen LogP contribution in [0.1, 0.15) is 30.4 Å². The molecule has 0 bridgehead atoms. The second-order valence-corrected chi connectivity index (χ2v) is 5.14. The molecule has 20 heavy (non-hydrogen) atoms. The second kappa shape index (κ2) is 7.34. The van der Waals surface area contributed by atoms with E-state index in [4.69, 9.17) is 4.74 Å². The predicted molar refractivity (Wildman–Crippen MR) is 82.7 cm³/mol. The maximum Gasteiger partial charge on any atom is 0.119 e. The fraction of sp³-hybridized carbons (Fsp3) is 0.438. The standard InChI is InChI=1S/C16H20N2O.ClH/c1(9-18-10-8-17-13-18)2-11-19-16-7-6-14-4-3-5-15(14)12-16;/h6-8,10,12-13H,1-5,9,11H2;1H. The summed E-state index contributed by atoms with van der Waals surface area (Å²) in [5.74, 6) is 1.03. The van der Waals surface area contributed by atoms with E-state index in [9.17, 15) is 0 Å². The minimum absolute atomic E-state index is 0. The Bertz CT molecular complexity index is 525. The molecule has 4 heteroatoms. The quantitative estimate of drug-likeness (QED) is 0.760. The lowest BCUT2D eigenvalue weighted by Gasteiger charge is -2.08. The average molecular weight is 293 g/mol. The van der Waals surface area contributed by atoms with Gasteiger partial charge in [0.05, 0.1) is 12.9 Å². The smallest absolute Gasteiger partial charge is 0.119 e. The van der Waals surface area contributed by atoms with Crippen LogP contribution in [0.2, 0.25) is 0 Å². The Hall–Kier alpha value is -1.48. The number of halogens is 1. The second-order valence-electron chi connectivity index (χ2n) is 5.14. The van der Waals surface area contributed by atoms with Crippen molar-refractivity contribution in [1.29, 1.82) is 0 Å². The molecule has 1 aliphatic carbocycles. The summed E-state index contributed by atoms with van der Waals surface area (Å²) < 4.78 is 7.93. The Morgan fingerprint density at radius 2 is 2.05 bits per heavy atom. The van der Waals surface area contributed by atoms with Crippen molar-refractivity contribution < 1.29 is 4.74 Å². The largest absolute Gasteiger partial charge is 0.494 e. The summed E-state index contributed by atoms with van der Waals surface area (Å²) >= 11 is 0. The van der Waals surface area contributed by atoms with Crippen LogP contribution in [0.25, 0.3) is 0 Å². The molecule has 0 aliphatic heterocycles. The van der Waals surface area contributed by atoms with E-state index in [1.807, 2.05) is 18.7 Å². The van der Waals surface area contributed by atoms with E-state index in [-0.39, 0.29) is 12.4 Å². The van der Waals surface area contributed by atoms with Crippen molar-refractivity contribution >= 4 is 12.4 Å². The molecule has 0 atom stereocenters. The summed E-state index contributed by atoms with van der Waals surface area (Å²) in [5.41, 5.74) is 2.99. The Kier molecular flexibility index (Phi) is 5.48. The van der Waals surface area contributed by atoms with E-state index >= 15 is 0 Å². The van der Waals surface area contributed by atoms with Crippen LogP contribution in [0.5, 0.6) is 5.75 Å². The Morgan fingerprint density at radius 3 is 2.90 bits per heavy atom. The van der Waals surface area contributed by atoms with Crippen molar-refractivity contribution in [2.75, 3.05) is 6.61 Å². The summed E-state index contributed by atoms with van der Waals surface area (Å²) in [5, 5.41) is 0. The third kappa shape index (κ3) is 3.76. The lowest BCUT2D eigenvalue weighted by atomic mass is 10.1. The van der Waals surface area contributed by atoms with E-state index in [2.05, 4.69) is 27.8 Å². The molecule has 0 spiro atoms. The Morgan fingerprint density at radius 1 is 1.15 bits per heavy atom. The van der Waals surface area contributed by atoms with Crippen molar-refractivity contribution in [2.24, 2.45) is 0 Å². The van der Waals surface area contributed by atoms with Crippen LogP contribution in [0.15, 0.2) is 36.9 Å². The molecule has 0 radical (unpaired) electrons. The number of fused-ring (bicyclic) bond motifs is 1. The first-order valence-corrected chi connectivity index (χ1v) is 7.12. The molecule has 0 amide bonds.